The molecule has 4 rings (SSSR count). The number of Topliss-reactive ketones (excluding diaryl/α,β-unsaturated/α-hetero) is 1. The van der Waals surface area contributed by atoms with E-state index in [0.717, 1.165) is 0 Å². The number of nitrogens with one attached hydrogen (secondary N) is 4. The highest BCUT2D eigenvalue weighted by molar-refractivity contribution is 6.01. The van der Waals surface area contributed by atoms with Gasteiger partial charge in [0.25, 0.3) is 5.91 Å². The van der Waals surface area contributed by atoms with Crippen LogP contribution in [0.3, 0.4) is 0 Å². The molecule has 3 amide bonds. The molecule has 0 spiro atoms. The van der Waals surface area contributed by atoms with Crippen molar-refractivity contribution in [1.29, 1.82) is 0 Å². The minimum absolute atomic E-state index is 0.0150. The van der Waals surface area contributed by atoms with E-state index in [2.05, 4.69) is 20.9 Å². The number of hydrogen-bond donors (Lipinski definition) is 4. The van der Waals surface area contributed by atoms with Crippen LogP contribution in [0, 0.1) is 40.4 Å². The molecule has 0 bridgehead atoms. The van der Waals surface area contributed by atoms with Gasteiger partial charge in [-0.1, -0.05) is 20.8 Å². The molecule has 2 heterocycles. The van der Waals surface area contributed by atoms with E-state index >= 15 is 0 Å². The quantitative estimate of drug-likeness (QED) is 0.190. The number of carbonyl (C=O) groups excluding carboxylic acids is 4. The van der Waals surface area contributed by atoms with Crippen LogP contribution in [0.2, 0.25) is 0 Å². The van der Waals surface area contributed by atoms with Crippen molar-refractivity contribution in [3.8, 4) is 5.75 Å². The Kier molecular flexibility index (Phi) is 9.59. The van der Waals surface area contributed by atoms with Gasteiger partial charge in [0.05, 0.1) is 6.04 Å². The molecule has 0 radical (unpaired) electrons. The van der Waals surface area contributed by atoms with Crippen molar-refractivity contribution in [1.82, 2.24) is 20.9 Å². The van der Waals surface area contributed by atoms with E-state index in [0.29, 0.717) is 23.9 Å². The van der Waals surface area contributed by atoms with Crippen molar-refractivity contribution < 1.29 is 45.9 Å². The highest BCUT2D eigenvalue weighted by atomic mass is 19.2. The van der Waals surface area contributed by atoms with Crippen molar-refractivity contribution in [3.63, 3.8) is 0 Å². The van der Waals surface area contributed by atoms with Crippen molar-refractivity contribution in [3.05, 3.63) is 65.1 Å². The number of ether oxygens (including phenoxy) is 1. The number of rotatable bonds is 11. The van der Waals surface area contributed by atoms with E-state index in [-0.39, 0.29) is 30.5 Å². The van der Waals surface area contributed by atoms with Crippen molar-refractivity contribution in [2.24, 2.45) is 11.3 Å². The maximum Gasteiger partial charge on any atom is 0.268 e. The second-order valence-electron chi connectivity index (χ2n) is 11.8. The number of amides is 3. The minimum atomic E-state index is -1.85. The average Bonchev–Trinajstić information content (AvgIpc) is 3.55. The van der Waals surface area contributed by atoms with Crippen LogP contribution in [0.5, 0.6) is 5.75 Å². The first kappa shape index (κ1) is 32.4. The Labute approximate surface area is 248 Å². The van der Waals surface area contributed by atoms with Gasteiger partial charge in [-0.3, -0.25) is 19.2 Å². The summed E-state index contributed by atoms with van der Waals surface area (Å²) >= 11 is 0. The number of aromatic amines is 1. The number of fused-ring (bicyclic) bond motifs is 1. The summed E-state index contributed by atoms with van der Waals surface area (Å²) in [5, 5.41) is 8.16. The second kappa shape index (κ2) is 13.0. The van der Waals surface area contributed by atoms with Crippen LogP contribution >= 0.6 is 0 Å². The van der Waals surface area contributed by atoms with Crippen LogP contribution < -0.4 is 20.7 Å². The third kappa shape index (κ3) is 7.71. The second-order valence-corrected chi connectivity index (χ2v) is 11.8. The first-order chi connectivity index (χ1) is 20.6. The van der Waals surface area contributed by atoms with Gasteiger partial charge in [-0.25, -0.2) is 13.2 Å². The van der Waals surface area contributed by atoms with Crippen LogP contribution in [0.25, 0.3) is 10.9 Å². The predicted octanol–water partition coefficient (Wildman–Crippen LogP) is 4.06. The van der Waals surface area contributed by atoms with Crippen molar-refractivity contribution in [2.75, 3.05) is 13.2 Å². The number of halogens is 5. The number of hydrogen-bond acceptors (Lipinski definition) is 5. The number of benzene rings is 2. The minimum Gasteiger partial charge on any atom is -0.479 e. The van der Waals surface area contributed by atoms with Crippen LogP contribution in [0.1, 0.15) is 50.5 Å². The molecule has 1 saturated heterocycles. The first-order valence-corrected chi connectivity index (χ1v) is 13.8. The van der Waals surface area contributed by atoms with Crippen LogP contribution in [-0.4, -0.2) is 53.7 Å². The zero-order chi connectivity index (χ0) is 32.3. The Morgan fingerprint density at radius 2 is 1.66 bits per heavy atom. The molecule has 44 heavy (non-hydrogen) atoms. The summed E-state index contributed by atoms with van der Waals surface area (Å²) in [5.74, 6) is -12.6. The van der Waals surface area contributed by atoms with E-state index in [1.807, 2.05) is 20.8 Å². The SMILES string of the molecule is CC(C)(C)CC(NC(=O)c1cc2cc(F)ccc2[nH]1)C(=O)NC(CC1CCNC1=O)C(=O)COc1c(F)c(F)cc(F)c1F. The van der Waals surface area contributed by atoms with Crippen LogP contribution in [0.4, 0.5) is 22.0 Å². The van der Waals surface area contributed by atoms with Crippen molar-refractivity contribution in [2.45, 2.75) is 52.1 Å². The zero-order valence-corrected chi connectivity index (χ0v) is 24.1. The Morgan fingerprint density at radius 1 is 0.977 bits per heavy atom. The van der Waals surface area contributed by atoms with Gasteiger partial charge in [0.2, 0.25) is 23.4 Å². The van der Waals surface area contributed by atoms with Gasteiger partial charge in [0.15, 0.2) is 23.2 Å². The molecular formula is C30H31F5N4O5. The normalized spacial score (nSPS) is 16.4. The number of H-pyrrole nitrogens is 1. The highest BCUT2D eigenvalue weighted by Gasteiger charge is 2.35. The largest absolute Gasteiger partial charge is 0.479 e. The lowest BCUT2D eigenvalue weighted by molar-refractivity contribution is -0.131. The molecule has 0 aliphatic carbocycles. The first-order valence-electron chi connectivity index (χ1n) is 13.8. The summed E-state index contributed by atoms with van der Waals surface area (Å²) in [6, 6.07) is 2.66. The van der Waals surface area contributed by atoms with E-state index in [9.17, 15) is 41.1 Å². The summed E-state index contributed by atoms with van der Waals surface area (Å²) in [4.78, 5) is 55.0. The Balaban J connectivity index is 1.54. The third-order valence-electron chi connectivity index (χ3n) is 7.08. The Hall–Kier alpha value is -4.49. The molecule has 1 aliphatic rings. The number of carbonyl (C=O) groups is 4. The van der Waals surface area contributed by atoms with Gasteiger partial charge in [-0.2, -0.15) is 8.78 Å². The van der Waals surface area contributed by atoms with Crippen molar-refractivity contribution >= 4 is 34.4 Å². The van der Waals surface area contributed by atoms with Gasteiger partial charge in [0.1, 0.15) is 24.2 Å². The lowest BCUT2D eigenvalue weighted by Gasteiger charge is -2.28. The van der Waals surface area contributed by atoms with E-state index in [1.165, 1.54) is 24.3 Å². The summed E-state index contributed by atoms with van der Waals surface area (Å²) in [6.07, 6.45) is 0.215. The zero-order valence-electron chi connectivity index (χ0n) is 24.1. The smallest absolute Gasteiger partial charge is 0.268 e. The number of ketones is 1. The van der Waals surface area contributed by atoms with Gasteiger partial charge >= 0.3 is 0 Å². The van der Waals surface area contributed by atoms with Gasteiger partial charge < -0.3 is 25.7 Å². The van der Waals surface area contributed by atoms with Crippen LogP contribution in [0.15, 0.2) is 30.3 Å². The van der Waals surface area contributed by atoms with Gasteiger partial charge in [-0.15, -0.1) is 0 Å². The molecule has 2 aromatic carbocycles. The molecule has 9 nitrogen and oxygen atoms in total. The summed E-state index contributed by atoms with van der Waals surface area (Å²) < 4.78 is 73.9. The Morgan fingerprint density at radius 3 is 2.27 bits per heavy atom. The van der Waals surface area contributed by atoms with Gasteiger partial charge in [-0.05, 0) is 48.9 Å². The summed E-state index contributed by atoms with van der Waals surface area (Å²) in [7, 11) is 0. The molecule has 3 atom stereocenters. The molecule has 4 N–H and O–H groups in total. The summed E-state index contributed by atoms with van der Waals surface area (Å²) in [5.41, 5.74) is 0.0239. The molecule has 0 saturated carbocycles. The van der Waals surface area contributed by atoms with E-state index < -0.39 is 82.5 Å². The number of aromatic nitrogens is 1. The molecule has 1 aliphatic heterocycles. The lowest BCUT2D eigenvalue weighted by atomic mass is 9.87. The lowest BCUT2D eigenvalue weighted by Crippen LogP contribution is -2.54. The molecule has 3 unspecified atom stereocenters. The fourth-order valence-corrected chi connectivity index (χ4v) is 4.90. The highest BCUT2D eigenvalue weighted by Crippen LogP contribution is 2.27. The third-order valence-corrected chi connectivity index (χ3v) is 7.08. The summed E-state index contributed by atoms with van der Waals surface area (Å²) in [6.45, 7) is 4.66. The fraction of sp³-hybridized carbons (Fsp3) is 0.400. The molecule has 1 aromatic heterocycles. The fourth-order valence-electron chi connectivity index (χ4n) is 4.90. The molecular weight excluding hydrogens is 591 g/mol. The topological polar surface area (TPSA) is 129 Å². The average molecular weight is 623 g/mol. The molecule has 3 aromatic rings. The van der Waals surface area contributed by atoms with Gasteiger partial charge in [0, 0.05) is 29.4 Å². The molecule has 1 fully saturated rings. The molecule has 14 heteroatoms. The maximum atomic E-state index is 14.1. The maximum absolute atomic E-state index is 14.1. The van der Waals surface area contributed by atoms with E-state index in [1.54, 1.807) is 0 Å². The molecule has 236 valence electrons. The predicted molar refractivity (Wildman–Crippen MR) is 148 cm³/mol. The standard InChI is InChI=1S/C30H31F5N4O5/c1-30(2,3)12-22(39-28(42)21-10-15-8-16(31)4-5-19(15)37-21)29(43)38-20(9-14-6-7-36-27(14)41)23(40)13-44-26-24(34)17(32)11-18(33)25(26)35/h4-5,8,10-11,14,20,22,37H,6-7,9,12-13H2,1-3H3,(H,36,41)(H,38,43)(H,39,42). The monoisotopic (exact) mass is 622 g/mol. The van der Waals surface area contributed by atoms with Crippen LogP contribution in [-0.2, 0) is 14.4 Å². The Bertz CT molecular complexity index is 1580. The van der Waals surface area contributed by atoms with E-state index in [4.69, 9.17) is 4.74 Å².